The van der Waals surface area contributed by atoms with Gasteiger partial charge >= 0.3 is 0 Å². The summed E-state index contributed by atoms with van der Waals surface area (Å²) in [5.41, 5.74) is 3.08. The van der Waals surface area contributed by atoms with E-state index in [9.17, 15) is 0 Å². The molecule has 4 aromatic heterocycles. The van der Waals surface area contributed by atoms with Gasteiger partial charge in [0.2, 0.25) is 0 Å². The largest absolute Gasteiger partial charge is 0.283 e. The fourth-order valence-corrected chi connectivity index (χ4v) is 4.95. The molecule has 0 aliphatic carbocycles. The molecule has 6 aromatic rings. The van der Waals surface area contributed by atoms with Crippen LogP contribution in [0.5, 0.6) is 0 Å². The molecule has 0 saturated heterocycles. The van der Waals surface area contributed by atoms with Gasteiger partial charge in [-0.1, -0.05) is 48.5 Å². The molecule has 2 aromatic carbocycles. The fraction of sp³-hybridized carbons (Fsp3) is 0. The number of hydrogen-bond acceptors (Lipinski definition) is 4. The van der Waals surface area contributed by atoms with E-state index in [4.69, 9.17) is 9.97 Å². The Balaban J connectivity index is 1.70. The maximum absolute atomic E-state index is 4.89. The van der Waals surface area contributed by atoms with E-state index in [-0.39, 0.29) is 0 Å². The van der Waals surface area contributed by atoms with Crippen molar-refractivity contribution in [2.24, 2.45) is 0 Å². The molecule has 5 heteroatoms. The van der Waals surface area contributed by atoms with Crippen molar-refractivity contribution in [3.63, 3.8) is 0 Å². The minimum atomic E-state index is 0.720. The second kappa shape index (κ2) is 5.97. The minimum absolute atomic E-state index is 0.720. The first-order chi connectivity index (χ1) is 13.9. The number of aromatic nitrogens is 4. The zero-order valence-electron chi connectivity index (χ0n) is 14.8. The average Bonchev–Trinajstić information content (AvgIpc) is 3.29. The number of nitrogens with zero attached hydrogens (tertiary/aromatic N) is 4. The molecule has 4 heterocycles. The first kappa shape index (κ1) is 15.5. The lowest BCUT2D eigenvalue weighted by Gasteiger charge is -2.07. The summed E-state index contributed by atoms with van der Waals surface area (Å²) >= 11 is 1.77. The molecule has 0 spiro atoms. The van der Waals surface area contributed by atoms with E-state index in [0.29, 0.717) is 0 Å². The van der Waals surface area contributed by atoms with Gasteiger partial charge in [0.1, 0.15) is 10.6 Å². The van der Waals surface area contributed by atoms with E-state index >= 15 is 0 Å². The van der Waals surface area contributed by atoms with Gasteiger partial charge in [-0.25, -0.2) is 9.97 Å². The van der Waals surface area contributed by atoms with E-state index in [1.807, 2.05) is 54.9 Å². The zero-order chi connectivity index (χ0) is 18.5. The number of thiophene rings is 1. The molecule has 0 aliphatic heterocycles. The lowest BCUT2D eigenvalue weighted by Crippen LogP contribution is -1.99. The molecule has 4 nitrogen and oxygen atoms in total. The molecule has 6 rings (SSSR count). The Hall–Kier alpha value is -3.57. The lowest BCUT2D eigenvalue weighted by molar-refractivity contribution is 1.05. The molecule has 28 heavy (non-hydrogen) atoms. The summed E-state index contributed by atoms with van der Waals surface area (Å²) < 4.78 is 3.46. The molecule has 0 fully saturated rings. The monoisotopic (exact) mass is 378 g/mol. The quantitative estimate of drug-likeness (QED) is 0.379. The maximum Gasteiger partial charge on any atom is 0.161 e. The Morgan fingerprint density at radius 1 is 0.750 bits per heavy atom. The molecular weight excluding hydrogens is 364 g/mol. The Labute approximate surface area is 164 Å². The van der Waals surface area contributed by atoms with Crippen LogP contribution in [0.2, 0.25) is 0 Å². The number of fused-ring (bicyclic) bond motifs is 5. The Morgan fingerprint density at radius 3 is 2.54 bits per heavy atom. The van der Waals surface area contributed by atoms with E-state index in [2.05, 4.69) is 39.9 Å². The second-order valence-corrected chi connectivity index (χ2v) is 7.62. The van der Waals surface area contributed by atoms with Gasteiger partial charge in [-0.15, -0.1) is 11.3 Å². The first-order valence-electron chi connectivity index (χ1n) is 9.06. The van der Waals surface area contributed by atoms with Gasteiger partial charge in [0.25, 0.3) is 0 Å². The summed E-state index contributed by atoms with van der Waals surface area (Å²) in [5.74, 6) is 1.58. The van der Waals surface area contributed by atoms with Crippen molar-refractivity contribution in [3.8, 4) is 17.2 Å². The van der Waals surface area contributed by atoms with Gasteiger partial charge in [0.05, 0.1) is 11.0 Å². The van der Waals surface area contributed by atoms with Gasteiger partial charge < -0.3 is 0 Å². The third kappa shape index (κ3) is 2.20. The maximum atomic E-state index is 4.89. The third-order valence-electron chi connectivity index (χ3n) is 4.95. The van der Waals surface area contributed by atoms with Crippen LogP contribution in [0.25, 0.3) is 48.5 Å². The van der Waals surface area contributed by atoms with Gasteiger partial charge in [-0.3, -0.25) is 9.55 Å². The third-order valence-corrected chi connectivity index (χ3v) is 6.10. The van der Waals surface area contributed by atoms with Gasteiger partial charge in [-0.05, 0) is 24.3 Å². The van der Waals surface area contributed by atoms with Crippen molar-refractivity contribution < 1.29 is 0 Å². The van der Waals surface area contributed by atoms with Crippen molar-refractivity contribution >= 4 is 42.7 Å². The van der Waals surface area contributed by atoms with E-state index < -0.39 is 0 Å². The average molecular weight is 378 g/mol. The van der Waals surface area contributed by atoms with Crippen LogP contribution < -0.4 is 0 Å². The Morgan fingerprint density at radius 2 is 1.61 bits per heavy atom. The standard InChI is InChI=1S/C23H14N4S/c1-2-7-15(8-3-1)22-25-14-12-19(26-22)27-17-10-6-13-24-21(17)20-16-9-4-5-11-18(16)28-23(20)27/h1-14H. The summed E-state index contributed by atoms with van der Waals surface area (Å²) in [7, 11) is 0. The molecule has 0 saturated carbocycles. The summed E-state index contributed by atoms with van der Waals surface area (Å²) in [6.45, 7) is 0. The number of pyridine rings is 1. The minimum Gasteiger partial charge on any atom is -0.283 e. The zero-order valence-corrected chi connectivity index (χ0v) is 15.6. The first-order valence-corrected chi connectivity index (χ1v) is 9.87. The van der Waals surface area contributed by atoms with Crippen LogP contribution in [0.3, 0.4) is 0 Å². The molecule has 0 bridgehead atoms. The fourth-order valence-electron chi connectivity index (χ4n) is 3.73. The highest BCUT2D eigenvalue weighted by atomic mass is 32.1. The van der Waals surface area contributed by atoms with Crippen LogP contribution in [0.4, 0.5) is 0 Å². The van der Waals surface area contributed by atoms with Crippen LogP contribution >= 0.6 is 11.3 Å². The lowest BCUT2D eigenvalue weighted by atomic mass is 10.2. The topological polar surface area (TPSA) is 43.6 Å². The highest BCUT2D eigenvalue weighted by Gasteiger charge is 2.19. The van der Waals surface area contributed by atoms with Crippen LogP contribution in [0.15, 0.2) is 85.2 Å². The normalized spacial score (nSPS) is 11.6. The molecule has 0 unspecified atom stereocenters. The molecule has 0 N–H and O–H groups in total. The van der Waals surface area contributed by atoms with E-state index in [0.717, 1.165) is 33.1 Å². The van der Waals surface area contributed by atoms with Gasteiger partial charge in [0.15, 0.2) is 5.82 Å². The molecule has 0 atom stereocenters. The van der Waals surface area contributed by atoms with Gasteiger partial charge in [-0.2, -0.15) is 0 Å². The van der Waals surface area contributed by atoms with Crippen molar-refractivity contribution in [1.82, 2.24) is 19.5 Å². The van der Waals surface area contributed by atoms with Gasteiger partial charge in [0, 0.05) is 33.4 Å². The SMILES string of the molecule is c1ccc(-c2nccc(-n3c4cccnc4c4c5ccccc5sc43)n2)cc1. The summed E-state index contributed by atoms with van der Waals surface area (Å²) in [4.78, 5) is 15.2. The molecule has 0 radical (unpaired) electrons. The van der Waals surface area contributed by atoms with Crippen molar-refractivity contribution in [3.05, 3.63) is 85.2 Å². The summed E-state index contributed by atoms with van der Waals surface area (Å²) in [5, 5.41) is 2.43. The Bertz CT molecular complexity index is 1460. The second-order valence-electron chi connectivity index (χ2n) is 6.59. The van der Waals surface area contributed by atoms with Crippen LogP contribution in [0, 0.1) is 0 Å². The van der Waals surface area contributed by atoms with Crippen molar-refractivity contribution in [2.75, 3.05) is 0 Å². The highest BCUT2D eigenvalue weighted by Crippen LogP contribution is 2.41. The van der Waals surface area contributed by atoms with Crippen molar-refractivity contribution in [2.45, 2.75) is 0 Å². The van der Waals surface area contributed by atoms with Crippen molar-refractivity contribution in [1.29, 1.82) is 0 Å². The number of rotatable bonds is 2. The Kier molecular flexibility index (Phi) is 3.30. The van der Waals surface area contributed by atoms with E-state index in [1.54, 1.807) is 11.3 Å². The van der Waals surface area contributed by atoms with E-state index in [1.165, 1.54) is 15.5 Å². The number of hydrogen-bond donors (Lipinski definition) is 0. The van der Waals surface area contributed by atoms with Crippen LogP contribution in [-0.4, -0.2) is 19.5 Å². The molecule has 0 aliphatic rings. The van der Waals surface area contributed by atoms with Crippen LogP contribution in [0.1, 0.15) is 0 Å². The highest BCUT2D eigenvalue weighted by molar-refractivity contribution is 7.25. The summed E-state index contributed by atoms with van der Waals surface area (Å²) in [6.07, 6.45) is 3.68. The molecular formula is C23H14N4S. The number of benzene rings is 2. The van der Waals surface area contributed by atoms with Crippen LogP contribution in [-0.2, 0) is 0 Å². The predicted octanol–water partition coefficient (Wildman–Crippen LogP) is 5.85. The molecule has 0 amide bonds. The predicted molar refractivity (Wildman–Crippen MR) is 115 cm³/mol. The summed E-state index contributed by atoms with van der Waals surface area (Å²) in [6, 6.07) is 24.6. The molecule has 132 valence electrons. The smallest absolute Gasteiger partial charge is 0.161 e.